The lowest BCUT2D eigenvalue weighted by Gasteiger charge is -2.36. The number of amides is 1. The predicted octanol–water partition coefficient (Wildman–Crippen LogP) is 4.57. The van der Waals surface area contributed by atoms with Gasteiger partial charge in [0.15, 0.2) is 10.1 Å². The molecule has 1 amide bonds. The molecule has 2 heterocycles. The van der Waals surface area contributed by atoms with Gasteiger partial charge < -0.3 is 0 Å². The molecule has 1 aliphatic heterocycles. The van der Waals surface area contributed by atoms with Gasteiger partial charge in [0.1, 0.15) is 0 Å². The van der Waals surface area contributed by atoms with E-state index in [4.69, 9.17) is 0 Å². The second-order valence-electron chi connectivity index (χ2n) is 7.05. The summed E-state index contributed by atoms with van der Waals surface area (Å²) in [6.45, 7) is 4.20. The van der Waals surface area contributed by atoms with Gasteiger partial charge in [0.25, 0.3) is 0 Å². The Hall–Kier alpha value is -1.99. The summed E-state index contributed by atoms with van der Waals surface area (Å²) < 4.78 is 0.849. The maximum atomic E-state index is 13.1. The van der Waals surface area contributed by atoms with E-state index in [-0.39, 0.29) is 17.6 Å². The van der Waals surface area contributed by atoms with Gasteiger partial charge >= 0.3 is 0 Å². The third-order valence-electron chi connectivity index (χ3n) is 4.80. The number of carbonyl (C=O) groups is 2. The van der Waals surface area contributed by atoms with Crippen molar-refractivity contribution in [3.63, 3.8) is 0 Å². The molecule has 5 nitrogen and oxygen atoms in total. The van der Waals surface area contributed by atoms with Crippen molar-refractivity contribution in [3.8, 4) is 0 Å². The fourth-order valence-corrected chi connectivity index (χ4v) is 5.83. The third-order valence-corrected chi connectivity index (χ3v) is 6.80. The number of hydrogen-bond donors (Lipinski definition) is 0. The summed E-state index contributed by atoms with van der Waals surface area (Å²) in [5, 5.41) is 9.47. The van der Waals surface area contributed by atoms with Gasteiger partial charge in [-0.2, -0.15) is 0 Å². The summed E-state index contributed by atoms with van der Waals surface area (Å²) in [6, 6.07) is 9.87. The molecule has 140 valence electrons. The summed E-state index contributed by atoms with van der Waals surface area (Å²) in [5.74, 6) is -0.00590. The summed E-state index contributed by atoms with van der Waals surface area (Å²) in [4.78, 5) is 27.6. The number of hydrogen-bond acceptors (Lipinski definition) is 6. The van der Waals surface area contributed by atoms with Crippen LogP contribution >= 0.6 is 23.1 Å². The highest BCUT2D eigenvalue weighted by Crippen LogP contribution is 2.44. The Balaban J connectivity index is 1.77. The van der Waals surface area contributed by atoms with E-state index in [2.05, 4.69) is 24.0 Å². The molecule has 2 aromatic rings. The number of rotatable bonds is 4. The SMILES string of the molecule is CC(C)Sc1nnc(N2C(=O)C[C@H](c3ccccc3)C3=C2CCCC3=O)s1. The normalized spacial score (nSPS) is 20.4. The van der Waals surface area contributed by atoms with Crippen LogP contribution in [-0.2, 0) is 9.59 Å². The van der Waals surface area contributed by atoms with Crippen LogP contribution in [0.4, 0.5) is 5.13 Å². The fourth-order valence-electron chi connectivity index (χ4n) is 3.73. The van der Waals surface area contributed by atoms with E-state index in [1.54, 1.807) is 16.7 Å². The van der Waals surface area contributed by atoms with Gasteiger partial charge in [0.2, 0.25) is 11.0 Å². The number of Topliss-reactive ketones (excluding diaryl/α,β-unsaturated/α-hetero) is 1. The van der Waals surface area contributed by atoms with Crippen molar-refractivity contribution in [3.05, 3.63) is 47.2 Å². The minimum atomic E-state index is -0.157. The van der Waals surface area contributed by atoms with Gasteiger partial charge in [-0.05, 0) is 18.4 Å². The molecule has 1 aromatic carbocycles. The van der Waals surface area contributed by atoms with Gasteiger partial charge in [0.05, 0.1) is 0 Å². The molecule has 4 rings (SSSR count). The van der Waals surface area contributed by atoms with Gasteiger partial charge in [-0.15, -0.1) is 10.2 Å². The number of anilines is 1. The maximum Gasteiger partial charge on any atom is 0.234 e. The second-order valence-corrected chi connectivity index (χ2v) is 9.83. The molecule has 1 aliphatic carbocycles. The first-order chi connectivity index (χ1) is 13.0. The minimum absolute atomic E-state index is 0.00505. The monoisotopic (exact) mass is 399 g/mol. The van der Waals surface area contributed by atoms with E-state index in [0.29, 0.717) is 23.2 Å². The smallest absolute Gasteiger partial charge is 0.234 e. The Morgan fingerprint density at radius 2 is 1.93 bits per heavy atom. The number of thioether (sulfide) groups is 1. The Bertz CT molecular complexity index is 905. The number of nitrogens with zero attached hydrogens (tertiary/aromatic N) is 3. The summed E-state index contributed by atoms with van der Waals surface area (Å²) in [6.07, 6.45) is 2.34. The van der Waals surface area contributed by atoms with Crippen LogP contribution in [0, 0.1) is 0 Å². The van der Waals surface area contributed by atoms with Crippen molar-refractivity contribution in [2.75, 3.05) is 4.90 Å². The van der Waals surface area contributed by atoms with Crippen LogP contribution in [0.2, 0.25) is 0 Å². The van der Waals surface area contributed by atoms with Crippen molar-refractivity contribution in [1.29, 1.82) is 0 Å². The predicted molar refractivity (Wildman–Crippen MR) is 108 cm³/mol. The molecular formula is C20H21N3O2S2. The van der Waals surface area contributed by atoms with Crippen LogP contribution in [0.15, 0.2) is 45.9 Å². The molecule has 1 atom stereocenters. The zero-order chi connectivity index (χ0) is 19.0. The standard InChI is InChI=1S/C20H21N3O2S2/c1-12(2)26-20-22-21-19(27-20)23-15-9-6-10-16(24)18(15)14(11-17(23)25)13-7-4-3-5-8-13/h3-5,7-8,12,14H,6,9-11H2,1-2H3/t14-/m1/s1. The lowest BCUT2D eigenvalue weighted by molar-refractivity contribution is -0.119. The van der Waals surface area contributed by atoms with Crippen LogP contribution in [0.1, 0.15) is 51.0 Å². The highest BCUT2D eigenvalue weighted by Gasteiger charge is 2.40. The van der Waals surface area contributed by atoms with E-state index >= 15 is 0 Å². The summed E-state index contributed by atoms with van der Waals surface area (Å²) >= 11 is 3.06. The Morgan fingerprint density at radius 3 is 2.67 bits per heavy atom. The maximum absolute atomic E-state index is 13.1. The molecule has 27 heavy (non-hydrogen) atoms. The average Bonchev–Trinajstić information content (AvgIpc) is 3.09. The molecule has 0 fully saturated rings. The highest BCUT2D eigenvalue weighted by atomic mass is 32.2. The molecule has 2 aliphatic rings. The molecule has 0 unspecified atom stereocenters. The second kappa shape index (κ2) is 7.56. The zero-order valence-electron chi connectivity index (χ0n) is 15.3. The Kier molecular flexibility index (Phi) is 5.14. The highest BCUT2D eigenvalue weighted by molar-refractivity contribution is 8.01. The lowest BCUT2D eigenvalue weighted by Crippen LogP contribution is -2.40. The van der Waals surface area contributed by atoms with Crippen molar-refractivity contribution < 1.29 is 9.59 Å². The molecule has 0 bridgehead atoms. The van der Waals surface area contributed by atoms with E-state index < -0.39 is 0 Å². The molecule has 0 saturated heterocycles. The van der Waals surface area contributed by atoms with E-state index in [1.807, 2.05) is 30.3 Å². The topological polar surface area (TPSA) is 63.2 Å². The number of carbonyl (C=O) groups excluding carboxylic acids is 2. The first kappa shape index (κ1) is 18.4. The van der Waals surface area contributed by atoms with E-state index in [0.717, 1.165) is 34.0 Å². The van der Waals surface area contributed by atoms with Crippen molar-refractivity contribution in [2.24, 2.45) is 0 Å². The summed E-state index contributed by atoms with van der Waals surface area (Å²) in [7, 11) is 0. The quantitative estimate of drug-likeness (QED) is 0.557. The van der Waals surface area contributed by atoms with Crippen LogP contribution in [0.5, 0.6) is 0 Å². The number of benzene rings is 1. The number of allylic oxidation sites excluding steroid dienone is 2. The summed E-state index contributed by atoms with van der Waals surface area (Å²) in [5.41, 5.74) is 2.65. The minimum Gasteiger partial charge on any atom is -0.294 e. The van der Waals surface area contributed by atoms with Crippen molar-refractivity contribution >= 4 is 39.9 Å². The molecular weight excluding hydrogens is 378 g/mol. The lowest BCUT2D eigenvalue weighted by atomic mass is 9.77. The number of ketones is 1. The van der Waals surface area contributed by atoms with Gasteiger partial charge in [-0.3, -0.25) is 14.5 Å². The van der Waals surface area contributed by atoms with Gasteiger partial charge in [-0.1, -0.05) is 67.3 Å². The van der Waals surface area contributed by atoms with E-state index in [9.17, 15) is 9.59 Å². The Morgan fingerprint density at radius 1 is 1.15 bits per heavy atom. The molecule has 0 saturated carbocycles. The zero-order valence-corrected chi connectivity index (χ0v) is 17.0. The van der Waals surface area contributed by atoms with Crippen LogP contribution in [0.25, 0.3) is 0 Å². The molecule has 7 heteroatoms. The van der Waals surface area contributed by atoms with Gasteiger partial charge in [-0.25, -0.2) is 0 Å². The van der Waals surface area contributed by atoms with Crippen LogP contribution in [0.3, 0.4) is 0 Å². The first-order valence-electron chi connectivity index (χ1n) is 9.19. The fraction of sp³-hybridized carbons (Fsp3) is 0.400. The Labute approximate surface area is 166 Å². The van der Waals surface area contributed by atoms with Crippen LogP contribution < -0.4 is 4.90 Å². The van der Waals surface area contributed by atoms with Crippen molar-refractivity contribution in [1.82, 2.24) is 10.2 Å². The molecule has 0 spiro atoms. The third kappa shape index (κ3) is 3.58. The first-order valence-corrected chi connectivity index (χ1v) is 10.9. The van der Waals surface area contributed by atoms with Gasteiger partial charge in [0, 0.05) is 35.3 Å². The largest absolute Gasteiger partial charge is 0.294 e. The molecule has 0 N–H and O–H groups in total. The van der Waals surface area contributed by atoms with E-state index in [1.165, 1.54) is 11.3 Å². The molecule has 0 radical (unpaired) electrons. The molecule has 1 aromatic heterocycles. The van der Waals surface area contributed by atoms with Crippen molar-refractivity contribution in [2.45, 2.75) is 55.0 Å². The average molecular weight is 400 g/mol. The van der Waals surface area contributed by atoms with Crippen LogP contribution in [-0.4, -0.2) is 27.1 Å². The number of aromatic nitrogens is 2.